The van der Waals surface area contributed by atoms with Gasteiger partial charge in [-0.3, -0.25) is 4.79 Å². The molecule has 0 aliphatic carbocycles. The first kappa shape index (κ1) is 18.1. The average molecular weight is 389 g/mol. The van der Waals surface area contributed by atoms with Crippen LogP contribution in [0.3, 0.4) is 0 Å². The minimum absolute atomic E-state index is 0.105. The van der Waals surface area contributed by atoms with Crippen LogP contribution in [0.5, 0.6) is 0 Å². The first-order chi connectivity index (χ1) is 14.1. The van der Waals surface area contributed by atoms with Gasteiger partial charge in [-0.1, -0.05) is 30.3 Å². The zero-order valence-corrected chi connectivity index (χ0v) is 16.4. The summed E-state index contributed by atoms with van der Waals surface area (Å²) in [6, 6.07) is 14.3. The second kappa shape index (κ2) is 6.82. The summed E-state index contributed by atoms with van der Waals surface area (Å²) in [6.07, 6.45) is 2.97. The molecule has 3 aliphatic rings. The first-order valence-electron chi connectivity index (χ1n) is 10.2. The molecule has 0 bridgehead atoms. The van der Waals surface area contributed by atoms with Crippen LogP contribution in [0, 0.1) is 18.3 Å². The third-order valence-corrected chi connectivity index (χ3v) is 6.34. The standard InChI is InChI=1S/C22H23N5O2/c1-15-13-19(25-18(14-23)24-15)26-11-9-22(10-12-26)21(28)27-17(7-8-20(27)29-22)16-5-3-2-4-6-16/h2-6,13,17,20H,7-12H2,1H3. The minimum Gasteiger partial charge on any atom is -0.356 e. The van der Waals surface area contributed by atoms with E-state index in [1.807, 2.05) is 42.2 Å². The number of amides is 1. The van der Waals surface area contributed by atoms with Gasteiger partial charge in [0.2, 0.25) is 5.82 Å². The largest absolute Gasteiger partial charge is 0.356 e. The summed E-state index contributed by atoms with van der Waals surface area (Å²) in [5.41, 5.74) is 1.22. The van der Waals surface area contributed by atoms with E-state index in [1.54, 1.807) is 0 Å². The van der Waals surface area contributed by atoms with Gasteiger partial charge < -0.3 is 14.5 Å². The van der Waals surface area contributed by atoms with Crippen molar-refractivity contribution in [2.24, 2.45) is 0 Å². The smallest absolute Gasteiger partial charge is 0.257 e. The van der Waals surface area contributed by atoms with E-state index in [9.17, 15) is 4.79 Å². The Kier molecular flexibility index (Phi) is 4.25. The summed E-state index contributed by atoms with van der Waals surface area (Å²) in [5.74, 6) is 1.06. The SMILES string of the molecule is Cc1cc(N2CCC3(CC2)OC2CCC(c4ccccc4)N2C3=O)nc(C#N)n1. The molecule has 148 valence electrons. The number of rotatable bonds is 2. The fourth-order valence-corrected chi connectivity index (χ4v) is 4.91. The molecule has 29 heavy (non-hydrogen) atoms. The molecule has 3 fully saturated rings. The maximum Gasteiger partial charge on any atom is 0.257 e. The summed E-state index contributed by atoms with van der Waals surface area (Å²) in [6.45, 7) is 3.20. The fourth-order valence-electron chi connectivity index (χ4n) is 4.91. The Labute approximate surface area is 169 Å². The molecule has 7 nitrogen and oxygen atoms in total. The Morgan fingerprint density at radius 2 is 1.93 bits per heavy atom. The van der Waals surface area contributed by atoms with Crippen LogP contribution in [0.1, 0.15) is 48.8 Å². The van der Waals surface area contributed by atoms with Crippen LogP contribution in [0.15, 0.2) is 36.4 Å². The molecule has 1 spiro atoms. The number of aryl methyl sites for hydroxylation is 1. The lowest BCUT2D eigenvalue weighted by Gasteiger charge is -2.38. The van der Waals surface area contributed by atoms with E-state index in [0.29, 0.717) is 25.9 Å². The zero-order valence-electron chi connectivity index (χ0n) is 16.4. The zero-order chi connectivity index (χ0) is 20.0. The monoisotopic (exact) mass is 389 g/mol. The molecule has 3 saturated heterocycles. The first-order valence-corrected chi connectivity index (χ1v) is 10.2. The Hall–Kier alpha value is -2.98. The summed E-state index contributed by atoms with van der Waals surface area (Å²) in [5, 5.41) is 9.13. The van der Waals surface area contributed by atoms with E-state index in [2.05, 4.69) is 27.0 Å². The van der Waals surface area contributed by atoms with Gasteiger partial charge >= 0.3 is 0 Å². The van der Waals surface area contributed by atoms with E-state index < -0.39 is 5.60 Å². The number of nitrogens with zero attached hydrogens (tertiary/aromatic N) is 5. The summed E-state index contributed by atoms with van der Waals surface area (Å²) in [7, 11) is 0. The van der Waals surface area contributed by atoms with Crippen molar-refractivity contribution in [3.63, 3.8) is 0 Å². The number of carbonyl (C=O) groups is 1. The molecule has 0 radical (unpaired) electrons. The number of hydrogen-bond acceptors (Lipinski definition) is 6. The molecular formula is C22H23N5O2. The number of ether oxygens (including phenoxy) is 1. The van der Waals surface area contributed by atoms with Crippen molar-refractivity contribution < 1.29 is 9.53 Å². The van der Waals surface area contributed by atoms with Crippen LogP contribution >= 0.6 is 0 Å². The molecule has 2 atom stereocenters. The third kappa shape index (κ3) is 2.95. The highest BCUT2D eigenvalue weighted by Gasteiger charge is 2.57. The number of benzene rings is 1. The topological polar surface area (TPSA) is 82.4 Å². The number of aromatic nitrogens is 2. The molecule has 1 amide bonds. The minimum atomic E-state index is -0.727. The van der Waals surface area contributed by atoms with Crippen LogP contribution < -0.4 is 4.90 Å². The lowest BCUT2D eigenvalue weighted by Crippen LogP contribution is -2.50. The highest BCUT2D eigenvalue weighted by molar-refractivity contribution is 5.88. The van der Waals surface area contributed by atoms with Crippen LogP contribution in [0.2, 0.25) is 0 Å². The van der Waals surface area contributed by atoms with Crippen molar-refractivity contribution in [2.45, 2.75) is 50.5 Å². The molecule has 0 N–H and O–H groups in total. The van der Waals surface area contributed by atoms with Crippen LogP contribution in [-0.4, -0.2) is 45.7 Å². The van der Waals surface area contributed by atoms with Gasteiger partial charge in [-0.25, -0.2) is 9.97 Å². The highest BCUT2D eigenvalue weighted by Crippen LogP contribution is 2.47. The van der Waals surface area contributed by atoms with Crippen molar-refractivity contribution in [2.75, 3.05) is 18.0 Å². The normalized spacial score (nSPS) is 25.3. The van der Waals surface area contributed by atoms with Gasteiger partial charge in [-0.2, -0.15) is 5.26 Å². The van der Waals surface area contributed by atoms with Crippen molar-refractivity contribution in [1.82, 2.24) is 14.9 Å². The molecule has 2 aromatic rings. The summed E-state index contributed by atoms with van der Waals surface area (Å²) in [4.78, 5) is 26.0. The number of fused-ring (bicyclic) bond motifs is 1. The van der Waals surface area contributed by atoms with Gasteiger partial charge in [0.15, 0.2) is 5.60 Å². The third-order valence-electron chi connectivity index (χ3n) is 6.34. The molecule has 2 unspecified atom stereocenters. The molecule has 1 aromatic heterocycles. The van der Waals surface area contributed by atoms with E-state index in [0.717, 1.165) is 24.4 Å². The van der Waals surface area contributed by atoms with E-state index in [-0.39, 0.29) is 24.0 Å². The van der Waals surface area contributed by atoms with Crippen molar-refractivity contribution in [3.8, 4) is 6.07 Å². The van der Waals surface area contributed by atoms with Crippen LogP contribution in [0.4, 0.5) is 5.82 Å². The number of carbonyl (C=O) groups excluding carboxylic acids is 1. The molecular weight excluding hydrogens is 366 g/mol. The fraction of sp³-hybridized carbons (Fsp3) is 0.455. The Bertz CT molecular complexity index is 978. The highest BCUT2D eigenvalue weighted by atomic mass is 16.6. The van der Waals surface area contributed by atoms with Crippen LogP contribution in [0.25, 0.3) is 0 Å². The predicted molar refractivity (Wildman–Crippen MR) is 106 cm³/mol. The number of hydrogen-bond donors (Lipinski definition) is 0. The maximum absolute atomic E-state index is 13.5. The van der Waals surface area contributed by atoms with E-state index >= 15 is 0 Å². The van der Waals surface area contributed by atoms with Crippen molar-refractivity contribution in [3.05, 3.63) is 53.5 Å². The molecule has 1 aromatic carbocycles. The Morgan fingerprint density at radius 3 is 2.66 bits per heavy atom. The second-order valence-electron chi connectivity index (χ2n) is 8.07. The molecule has 7 heteroatoms. The molecule has 4 heterocycles. The lowest BCUT2D eigenvalue weighted by molar-refractivity contribution is -0.140. The Morgan fingerprint density at radius 1 is 1.17 bits per heavy atom. The number of nitriles is 1. The molecule has 0 saturated carbocycles. The van der Waals surface area contributed by atoms with Gasteiger partial charge in [0.1, 0.15) is 18.1 Å². The average Bonchev–Trinajstić information content (AvgIpc) is 3.27. The van der Waals surface area contributed by atoms with Gasteiger partial charge in [-0.05, 0) is 25.3 Å². The van der Waals surface area contributed by atoms with Crippen molar-refractivity contribution >= 4 is 11.7 Å². The Balaban J connectivity index is 1.34. The van der Waals surface area contributed by atoms with E-state index in [1.165, 1.54) is 5.56 Å². The van der Waals surface area contributed by atoms with Gasteiger partial charge in [0, 0.05) is 37.7 Å². The summed E-state index contributed by atoms with van der Waals surface area (Å²) < 4.78 is 6.40. The van der Waals surface area contributed by atoms with Gasteiger partial charge in [-0.15, -0.1) is 0 Å². The maximum atomic E-state index is 13.5. The number of piperidine rings is 1. The molecule has 5 rings (SSSR count). The molecule has 3 aliphatic heterocycles. The lowest BCUT2D eigenvalue weighted by atomic mass is 9.89. The van der Waals surface area contributed by atoms with Gasteiger partial charge in [0.25, 0.3) is 5.91 Å². The number of anilines is 1. The predicted octanol–water partition coefficient (Wildman–Crippen LogP) is 2.72. The van der Waals surface area contributed by atoms with E-state index in [4.69, 9.17) is 10.00 Å². The second-order valence-corrected chi connectivity index (χ2v) is 8.07. The quantitative estimate of drug-likeness (QED) is 0.785. The van der Waals surface area contributed by atoms with Crippen LogP contribution in [-0.2, 0) is 9.53 Å². The van der Waals surface area contributed by atoms with Gasteiger partial charge in [0.05, 0.1) is 6.04 Å². The van der Waals surface area contributed by atoms with Crippen molar-refractivity contribution in [1.29, 1.82) is 5.26 Å². The summed E-state index contributed by atoms with van der Waals surface area (Å²) >= 11 is 0.